The molecule has 5 nitrogen and oxygen atoms in total. The van der Waals surface area contributed by atoms with E-state index in [0.717, 1.165) is 54.3 Å². The Hall–Kier alpha value is -1.32. The van der Waals surface area contributed by atoms with Gasteiger partial charge in [0, 0.05) is 48.8 Å². The molecule has 1 saturated heterocycles. The molecule has 7 heteroatoms. The molecule has 0 unspecified atom stereocenters. The predicted octanol–water partition coefficient (Wildman–Crippen LogP) is 4.49. The van der Waals surface area contributed by atoms with Gasteiger partial charge in [-0.15, -0.1) is 24.0 Å². The van der Waals surface area contributed by atoms with Crippen molar-refractivity contribution in [1.82, 2.24) is 10.6 Å². The summed E-state index contributed by atoms with van der Waals surface area (Å²) in [7, 11) is 3.49. The number of benzene rings is 2. The van der Waals surface area contributed by atoms with E-state index in [-0.39, 0.29) is 29.4 Å². The summed E-state index contributed by atoms with van der Waals surface area (Å²) in [5.74, 6) is 1.66. The van der Waals surface area contributed by atoms with Gasteiger partial charge < -0.3 is 20.1 Å². The maximum absolute atomic E-state index is 5.64. The lowest BCUT2D eigenvalue weighted by Gasteiger charge is -2.38. The quantitative estimate of drug-likeness (QED) is 0.304. The van der Waals surface area contributed by atoms with Crippen LogP contribution >= 0.6 is 39.9 Å². The topological polar surface area (TPSA) is 54.9 Å². The third kappa shape index (κ3) is 6.33. The van der Waals surface area contributed by atoms with Gasteiger partial charge in [-0.2, -0.15) is 0 Å². The first-order valence-corrected chi connectivity index (χ1v) is 10.4. The van der Waals surface area contributed by atoms with Crippen molar-refractivity contribution >= 4 is 45.9 Å². The highest BCUT2D eigenvalue weighted by molar-refractivity contribution is 14.0. The number of para-hydroxylation sites is 1. The zero-order valence-corrected chi connectivity index (χ0v) is 20.8. The molecule has 0 bridgehead atoms. The number of rotatable bonds is 6. The van der Waals surface area contributed by atoms with Gasteiger partial charge in [-0.3, -0.25) is 4.99 Å². The highest BCUT2D eigenvalue weighted by Crippen LogP contribution is 2.35. The summed E-state index contributed by atoms with van der Waals surface area (Å²) in [6.45, 7) is 3.03. The van der Waals surface area contributed by atoms with Crippen molar-refractivity contribution < 1.29 is 9.47 Å². The Labute approximate surface area is 198 Å². The lowest BCUT2D eigenvalue weighted by Crippen LogP contribution is -2.47. The molecule has 2 N–H and O–H groups in total. The van der Waals surface area contributed by atoms with Gasteiger partial charge in [-0.25, -0.2) is 0 Å². The Morgan fingerprint density at radius 2 is 1.79 bits per heavy atom. The van der Waals surface area contributed by atoms with Crippen LogP contribution in [0.5, 0.6) is 5.75 Å². The van der Waals surface area contributed by atoms with E-state index in [0.29, 0.717) is 6.54 Å². The van der Waals surface area contributed by atoms with Gasteiger partial charge >= 0.3 is 0 Å². The first-order chi connectivity index (χ1) is 13.7. The van der Waals surface area contributed by atoms with E-state index >= 15 is 0 Å². The van der Waals surface area contributed by atoms with Crippen molar-refractivity contribution in [1.29, 1.82) is 0 Å². The van der Waals surface area contributed by atoms with E-state index in [1.165, 1.54) is 5.56 Å². The molecule has 1 fully saturated rings. The first kappa shape index (κ1) is 24.0. The summed E-state index contributed by atoms with van der Waals surface area (Å²) >= 11 is 3.54. The summed E-state index contributed by atoms with van der Waals surface area (Å²) in [6, 6.07) is 16.7. The Balaban J connectivity index is 0.00000300. The molecule has 158 valence electrons. The van der Waals surface area contributed by atoms with Crippen LogP contribution in [0.3, 0.4) is 0 Å². The fourth-order valence-electron chi connectivity index (χ4n) is 3.63. The van der Waals surface area contributed by atoms with Gasteiger partial charge in [-0.1, -0.05) is 46.3 Å². The number of methoxy groups -OCH3 is 1. The summed E-state index contributed by atoms with van der Waals surface area (Å²) < 4.78 is 12.2. The lowest BCUT2D eigenvalue weighted by atomic mass is 9.74. The molecule has 1 aliphatic rings. The van der Waals surface area contributed by atoms with Gasteiger partial charge in [0.15, 0.2) is 5.96 Å². The van der Waals surface area contributed by atoms with E-state index in [9.17, 15) is 0 Å². The maximum atomic E-state index is 5.64. The van der Waals surface area contributed by atoms with Crippen molar-refractivity contribution in [2.75, 3.05) is 33.9 Å². The van der Waals surface area contributed by atoms with Crippen LogP contribution in [-0.2, 0) is 16.7 Å². The molecule has 2 aromatic rings. The molecule has 0 aromatic heterocycles. The highest BCUT2D eigenvalue weighted by atomic mass is 127. The number of hydrogen-bond acceptors (Lipinski definition) is 3. The molecule has 0 saturated carbocycles. The fraction of sp³-hybridized carbons (Fsp3) is 0.409. The maximum Gasteiger partial charge on any atom is 0.191 e. The van der Waals surface area contributed by atoms with Gasteiger partial charge in [0.05, 0.1) is 7.11 Å². The van der Waals surface area contributed by atoms with Crippen LogP contribution in [-0.4, -0.2) is 39.9 Å². The molecule has 1 heterocycles. The Kier molecular flexibility index (Phi) is 9.71. The molecular formula is C22H29BrIN3O2. The van der Waals surface area contributed by atoms with E-state index in [2.05, 4.69) is 61.9 Å². The number of nitrogens with one attached hydrogen (secondary N) is 2. The SMILES string of the molecule is CN=C(NCc1ccccc1OC)NCC1(c2ccc(Br)cc2)CCOCC1.I. The van der Waals surface area contributed by atoms with Gasteiger partial charge in [-0.05, 0) is 36.6 Å². The molecule has 0 spiro atoms. The second kappa shape index (κ2) is 11.8. The first-order valence-electron chi connectivity index (χ1n) is 9.57. The standard InChI is InChI=1S/C22H28BrN3O2.HI/c1-24-21(25-15-17-5-3-4-6-20(17)27-2)26-16-22(11-13-28-14-12-22)18-7-9-19(23)10-8-18;/h3-10H,11-16H2,1-2H3,(H2,24,25,26);1H. The third-order valence-corrected chi connectivity index (χ3v) is 5.89. The summed E-state index contributed by atoms with van der Waals surface area (Å²) in [5, 5.41) is 6.93. The van der Waals surface area contributed by atoms with Crippen molar-refractivity contribution in [3.8, 4) is 5.75 Å². The van der Waals surface area contributed by atoms with Crippen molar-refractivity contribution in [2.24, 2.45) is 4.99 Å². The largest absolute Gasteiger partial charge is 0.496 e. The van der Waals surface area contributed by atoms with Gasteiger partial charge in [0.2, 0.25) is 0 Å². The second-order valence-electron chi connectivity index (χ2n) is 6.99. The van der Waals surface area contributed by atoms with Crippen LogP contribution in [0, 0.1) is 0 Å². The van der Waals surface area contributed by atoms with Crippen molar-refractivity contribution in [3.63, 3.8) is 0 Å². The van der Waals surface area contributed by atoms with E-state index in [1.807, 2.05) is 18.2 Å². The van der Waals surface area contributed by atoms with Gasteiger partial charge in [0.1, 0.15) is 5.75 Å². The van der Waals surface area contributed by atoms with E-state index in [4.69, 9.17) is 9.47 Å². The minimum absolute atomic E-state index is 0. The molecule has 1 aliphatic heterocycles. The van der Waals surface area contributed by atoms with Crippen LogP contribution in [0.4, 0.5) is 0 Å². The lowest BCUT2D eigenvalue weighted by molar-refractivity contribution is 0.0514. The van der Waals surface area contributed by atoms with Crippen molar-refractivity contribution in [3.05, 3.63) is 64.1 Å². The normalized spacial score (nSPS) is 15.9. The molecule has 2 aromatic carbocycles. The van der Waals surface area contributed by atoms with E-state index in [1.54, 1.807) is 14.2 Å². The number of nitrogens with zero attached hydrogens (tertiary/aromatic N) is 1. The number of ether oxygens (including phenoxy) is 2. The summed E-state index contributed by atoms with van der Waals surface area (Å²) in [5.41, 5.74) is 2.48. The monoisotopic (exact) mass is 573 g/mol. The second-order valence-corrected chi connectivity index (χ2v) is 7.91. The molecular weight excluding hydrogens is 545 g/mol. The molecule has 29 heavy (non-hydrogen) atoms. The molecule has 0 radical (unpaired) electrons. The summed E-state index contributed by atoms with van der Waals surface area (Å²) in [6.07, 6.45) is 1.98. The number of guanidine groups is 1. The van der Waals surface area contributed by atoms with E-state index < -0.39 is 0 Å². The number of halogens is 2. The van der Waals surface area contributed by atoms with Gasteiger partial charge in [0.25, 0.3) is 0 Å². The third-order valence-electron chi connectivity index (χ3n) is 5.36. The number of hydrogen-bond donors (Lipinski definition) is 2. The fourth-order valence-corrected chi connectivity index (χ4v) is 3.90. The van der Waals surface area contributed by atoms with Crippen LogP contribution < -0.4 is 15.4 Å². The highest BCUT2D eigenvalue weighted by Gasteiger charge is 2.34. The smallest absolute Gasteiger partial charge is 0.191 e. The van der Waals surface area contributed by atoms with Crippen LogP contribution in [0.2, 0.25) is 0 Å². The zero-order valence-electron chi connectivity index (χ0n) is 16.9. The van der Waals surface area contributed by atoms with Crippen LogP contribution in [0.1, 0.15) is 24.0 Å². The molecule has 3 rings (SSSR count). The van der Waals surface area contributed by atoms with Crippen LogP contribution in [0.15, 0.2) is 58.0 Å². The number of aliphatic imine (C=N–C) groups is 1. The summed E-state index contributed by atoms with van der Waals surface area (Å²) in [4.78, 5) is 4.40. The molecule has 0 amide bonds. The predicted molar refractivity (Wildman–Crippen MR) is 132 cm³/mol. The molecule has 0 atom stereocenters. The van der Waals surface area contributed by atoms with Crippen LogP contribution in [0.25, 0.3) is 0 Å². The molecule has 0 aliphatic carbocycles. The average Bonchev–Trinajstić information content (AvgIpc) is 2.75. The Morgan fingerprint density at radius 1 is 1.10 bits per heavy atom. The zero-order chi connectivity index (χ0) is 19.8. The Morgan fingerprint density at radius 3 is 2.45 bits per heavy atom. The minimum Gasteiger partial charge on any atom is -0.496 e. The minimum atomic E-state index is 0. The average molecular weight is 574 g/mol. The van der Waals surface area contributed by atoms with Crippen molar-refractivity contribution in [2.45, 2.75) is 24.8 Å². The Bertz CT molecular complexity index is 793.